The lowest BCUT2D eigenvalue weighted by molar-refractivity contribution is 0.625. The number of pyridine rings is 1. The van der Waals surface area contributed by atoms with Crippen LogP contribution in [0.2, 0.25) is 0 Å². The summed E-state index contributed by atoms with van der Waals surface area (Å²) in [7, 11) is 0. The van der Waals surface area contributed by atoms with Gasteiger partial charge >= 0.3 is 0 Å². The van der Waals surface area contributed by atoms with Crippen molar-refractivity contribution in [3.05, 3.63) is 50.8 Å². The van der Waals surface area contributed by atoms with E-state index in [9.17, 15) is 4.39 Å². The molecule has 0 amide bonds. The fourth-order valence-electron chi connectivity index (χ4n) is 1.35. The number of hydrogen-bond acceptors (Lipinski definition) is 3. The van der Waals surface area contributed by atoms with E-state index in [1.807, 2.05) is 6.07 Å². The van der Waals surface area contributed by atoms with Crippen molar-refractivity contribution in [2.45, 2.75) is 0 Å². The highest BCUT2D eigenvalue weighted by Gasteiger charge is 2.08. The smallest absolute Gasteiger partial charge is 0.166 e. The van der Waals surface area contributed by atoms with Crippen LogP contribution in [-0.2, 0) is 0 Å². The summed E-state index contributed by atoms with van der Waals surface area (Å²) >= 11 is 6.40. The highest BCUT2D eigenvalue weighted by Crippen LogP contribution is 2.25. The lowest BCUT2D eigenvalue weighted by atomic mass is 10.2. The van der Waals surface area contributed by atoms with Crippen molar-refractivity contribution < 1.29 is 4.39 Å². The monoisotopic (exact) mass is 369 g/mol. The van der Waals surface area contributed by atoms with Crippen LogP contribution in [0.4, 0.5) is 15.9 Å². The molecule has 0 fully saturated rings. The van der Waals surface area contributed by atoms with Crippen molar-refractivity contribution in [1.82, 2.24) is 4.98 Å². The molecule has 0 saturated heterocycles. The van der Waals surface area contributed by atoms with Gasteiger partial charge in [-0.15, -0.1) is 0 Å². The van der Waals surface area contributed by atoms with E-state index in [0.29, 0.717) is 15.7 Å². The normalized spacial score (nSPS) is 9.89. The van der Waals surface area contributed by atoms with Crippen LogP contribution in [0, 0.1) is 17.1 Å². The van der Waals surface area contributed by atoms with Gasteiger partial charge in [-0.25, -0.2) is 9.37 Å². The molecule has 18 heavy (non-hydrogen) atoms. The zero-order valence-electron chi connectivity index (χ0n) is 8.92. The highest BCUT2D eigenvalue weighted by atomic mass is 79.9. The minimum absolute atomic E-state index is 0.0806. The van der Waals surface area contributed by atoms with Gasteiger partial charge in [0.05, 0.1) is 11.3 Å². The summed E-state index contributed by atoms with van der Waals surface area (Å²) in [5, 5.41) is 11.8. The third kappa shape index (κ3) is 2.86. The molecule has 90 valence electrons. The van der Waals surface area contributed by atoms with Gasteiger partial charge < -0.3 is 5.32 Å². The quantitative estimate of drug-likeness (QED) is 0.854. The lowest BCUT2D eigenvalue weighted by Crippen LogP contribution is -1.99. The summed E-state index contributed by atoms with van der Waals surface area (Å²) in [5.74, 6) is -0.409. The molecule has 1 heterocycles. The molecule has 2 aromatic rings. The predicted octanol–water partition coefficient (Wildman–Crippen LogP) is 4.36. The fraction of sp³-hybridized carbons (Fsp3) is 0. The first kappa shape index (κ1) is 13.0. The van der Waals surface area contributed by atoms with Crippen LogP contribution in [0.5, 0.6) is 0 Å². The highest BCUT2D eigenvalue weighted by molar-refractivity contribution is 9.10. The third-order valence-corrected chi connectivity index (χ3v) is 3.09. The molecule has 0 unspecified atom stereocenters. The Labute approximate surface area is 120 Å². The number of nitrogens with zero attached hydrogens (tertiary/aromatic N) is 2. The van der Waals surface area contributed by atoms with Gasteiger partial charge in [-0.1, -0.05) is 15.9 Å². The van der Waals surface area contributed by atoms with Crippen LogP contribution in [-0.4, -0.2) is 4.98 Å². The molecule has 0 aliphatic heterocycles. The topological polar surface area (TPSA) is 48.7 Å². The Morgan fingerprint density at radius 3 is 2.67 bits per heavy atom. The van der Waals surface area contributed by atoms with Crippen LogP contribution in [0.15, 0.2) is 39.4 Å². The zero-order valence-corrected chi connectivity index (χ0v) is 12.1. The van der Waals surface area contributed by atoms with Crippen molar-refractivity contribution in [2.75, 3.05) is 5.32 Å². The summed E-state index contributed by atoms with van der Waals surface area (Å²) in [5.41, 5.74) is 0.919. The predicted molar refractivity (Wildman–Crippen MR) is 74.0 cm³/mol. The first-order valence-corrected chi connectivity index (χ1v) is 6.46. The van der Waals surface area contributed by atoms with Gasteiger partial charge in [-0.3, -0.25) is 0 Å². The maximum Gasteiger partial charge on any atom is 0.166 e. The number of benzene rings is 1. The number of halogens is 3. The molecule has 1 aromatic carbocycles. The molecule has 3 nitrogen and oxygen atoms in total. The molecule has 1 aromatic heterocycles. The Hall–Kier alpha value is -1.45. The number of hydrogen-bond donors (Lipinski definition) is 1. The molecule has 0 saturated carbocycles. The first-order valence-electron chi connectivity index (χ1n) is 4.88. The Morgan fingerprint density at radius 1 is 1.22 bits per heavy atom. The molecule has 0 spiro atoms. The summed E-state index contributed by atoms with van der Waals surface area (Å²) < 4.78 is 14.9. The fourth-order valence-corrected chi connectivity index (χ4v) is 2.02. The summed E-state index contributed by atoms with van der Waals surface area (Å²) in [4.78, 5) is 3.92. The molecule has 0 bridgehead atoms. The summed E-state index contributed by atoms with van der Waals surface area (Å²) in [6.45, 7) is 0. The van der Waals surface area contributed by atoms with Crippen molar-refractivity contribution in [3.8, 4) is 6.07 Å². The van der Waals surface area contributed by atoms with E-state index in [2.05, 4.69) is 42.2 Å². The van der Waals surface area contributed by atoms with Crippen molar-refractivity contribution in [3.63, 3.8) is 0 Å². The van der Waals surface area contributed by atoms with Crippen molar-refractivity contribution in [2.24, 2.45) is 0 Å². The maximum absolute atomic E-state index is 13.6. The Morgan fingerprint density at radius 2 is 2.00 bits per heavy atom. The van der Waals surface area contributed by atoms with Crippen molar-refractivity contribution >= 4 is 43.4 Å². The first-order chi connectivity index (χ1) is 8.60. The standard InChI is InChI=1S/C12H6Br2FN3/c13-8-1-2-11(7(3-8)5-16)18-12-10(15)4-9(14)6-17-12/h1-4,6H,(H,17,18). The second-order valence-corrected chi connectivity index (χ2v) is 5.24. The Kier molecular flexibility index (Phi) is 3.94. The molecule has 0 radical (unpaired) electrons. The van der Waals surface area contributed by atoms with Gasteiger partial charge in [0, 0.05) is 15.1 Å². The van der Waals surface area contributed by atoms with Gasteiger partial charge in [-0.2, -0.15) is 5.26 Å². The van der Waals surface area contributed by atoms with Gasteiger partial charge in [0.15, 0.2) is 11.6 Å². The van der Waals surface area contributed by atoms with E-state index in [0.717, 1.165) is 4.47 Å². The minimum Gasteiger partial charge on any atom is -0.337 e. The Balaban J connectivity index is 2.37. The average molecular weight is 371 g/mol. The summed E-state index contributed by atoms with van der Waals surface area (Å²) in [6.07, 6.45) is 1.48. The second-order valence-electron chi connectivity index (χ2n) is 3.41. The Bertz CT molecular complexity index is 638. The molecule has 1 N–H and O–H groups in total. The number of aromatic nitrogens is 1. The van der Waals surface area contributed by atoms with E-state index < -0.39 is 5.82 Å². The minimum atomic E-state index is -0.490. The van der Waals surface area contributed by atoms with E-state index in [1.165, 1.54) is 12.3 Å². The van der Waals surface area contributed by atoms with Gasteiger partial charge in [0.2, 0.25) is 0 Å². The molecular weight excluding hydrogens is 365 g/mol. The SMILES string of the molecule is N#Cc1cc(Br)ccc1Nc1ncc(Br)cc1F. The molecular formula is C12H6Br2FN3. The molecule has 2 rings (SSSR count). The van der Waals surface area contributed by atoms with Crippen LogP contribution < -0.4 is 5.32 Å². The lowest BCUT2D eigenvalue weighted by Gasteiger charge is -2.08. The number of anilines is 2. The van der Waals surface area contributed by atoms with E-state index in [4.69, 9.17) is 5.26 Å². The van der Waals surface area contributed by atoms with Gasteiger partial charge in [-0.05, 0) is 40.2 Å². The van der Waals surface area contributed by atoms with Crippen molar-refractivity contribution in [1.29, 1.82) is 5.26 Å². The summed E-state index contributed by atoms with van der Waals surface area (Å²) in [6, 6.07) is 8.44. The van der Waals surface area contributed by atoms with E-state index in [1.54, 1.807) is 18.2 Å². The van der Waals surface area contributed by atoms with Gasteiger partial charge in [0.25, 0.3) is 0 Å². The average Bonchev–Trinajstić information content (AvgIpc) is 2.34. The third-order valence-electron chi connectivity index (χ3n) is 2.16. The zero-order chi connectivity index (χ0) is 13.1. The van der Waals surface area contributed by atoms with Gasteiger partial charge in [0.1, 0.15) is 6.07 Å². The van der Waals surface area contributed by atoms with Crippen LogP contribution in [0.25, 0.3) is 0 Å². The number of nitrogens with one attached hydrogen (secondary N) is 1. The molecule has 0 aliphatic carbocycles. The molecule has 0 aliphatic rings. The molecule has 0 atom stereocenters. The number of nitriles is 1. The van der Waals surface area contributed by atoms with E-state index >= 15 is 0 Å². The largest absolute Gasteiger partial charge is 0.337 e. The number of rotatable bonds is 2. The van der Waals surface area contributed by atoms with Crippen LogP contribution in [0.1, 0.15) is 5.56 Å². The van der Waals surface area contributed by atoms with Crippen LogP contribution >= 0.6 is 31.9 Å². The second kappa shape index (κ2) is 5.46. The van der Waals surface area contributed by atoms with E-state index in [-0.39, 0.29) is 5.82 Å². The molecule has 6 heteroatoms. The maximum atomic E-state index is 13.6. The van der Waals surface area contributed by atoms with Crippen LogP contribution in [0.3, 0.4) is 0 Å².